The van der Waals surface area contributed by atoms with E-state index in [1.807, 2.05) is 13.0 Å². The van der Waals surface area contributed by atoms with Crippen LogP contribution in [0, 0.1) is 0 Å². The van der Waals surface area contributed by atoms with E-state index in [0.717, 1.165) is 16.9 Å². The van der Waals surface area contributed by atoms with Crippen molar-refractivity contribution in [2.75, 3.05) is 4.90 Å². The third-order valence-electron chi connectivity index (χ3n) is 2.60. The van der Waals surface area contributed by atoms with Gasteiger partial charge in [0, 0.05) is 6.20 Å². The number of carbonyl (C=O) groups is 2. The van der Waals surface area contributed by atoms with Gasteiger partial charge in [0.15, 0.2) is 0 Å². The molecule has 0 atom stereocenters. The summed E-state index contributed by atoms with van der Waals surface area (Å²) in [5, 5.41) is 0. The zero-order valence-corrected chi connectivity index (χ0v) is 15.0. The molecule has 1 heterocycles. The fourth-order valence-electron chi connectivity index (χ4n) is 1.68. The summed E-state index contributed by atoms with van der Waals surface area (Å²) in [7, 11) is 0. The number of rotatable bonds is 2. The summed E-state index contributed by atoms with van der Waals surface area (Å²) in [6.45, 7) is 12.4. The van der Waals surface area contributed by atoms with Crippen LogP contribution >= 0.6 is 0 Å². The van der Waals surface area contributed by atoms with E-state index in [1.165, 1.54) is 0 Å². The van der Waals surface area contributed by atoms with Gasteiger partial charge in [-0.3, -0.25) is 0 Å². The molecule has 0 aliphatic heterocycles. The fraction of sp³-hybridized carbons (Fsp3) is 0.588. The predicted molar refractivity (Wildman–Crippen MR) is 88.6 cm³/mol. The van der Waals surface area contributed by atoms with Crippen LogP contribution in [0.4, 0.5) is 15.4 Å². The maximum atomic E-state index is 12.4. The van der Waals surface area contributed by atoms with Crippen molar-refractivity contribution in [1.82, 2.24) is 4.98 Å². The van der Waals surface area contributed by atoms with E-state index in [1.54, 1.807) is 53.8 Å². The summed E-state index contributed by atoms with van der Waals surface area (Å²) in [5.41, 5.74) is -0.522. The quantitative estimate of drug-likeness (QED) is 0.811. The van der Waals surface area contributed by atoms with Crippen molar-refractivity contribution in [1.29, 1.82) is 0 Å². The van der Waals surface area contributed by atoms with Crippen LogP contribution in [0.3, 0.4) is 0 Å². The van der Waals surface area contributed by atoms with Gasteiger partial charge < -0.3 is 9.47 Å². The number of imide groups is 1. The molecule has 0 saturated heterocycles. The monoisotopic (exact) mass is 322 g/mol. The highest BCUT2D eigenvalue weighted by molar-refractivity contribution is 6.08. The van der Waals surface area contributed by atoms with Crippen molar-refractivity contribution >= 4 is 18.0 Å². The SMILES string of the molecule is CCc1ccnc(N(C(=O)OC(C)(C)C)C(=O)OC(C)(C)C)c1. The number of hydrogen-bond acceptors (Lipinski definition) is 5. The zero-order valence-electron chi connectivity index (χ0n) is 15.0. The molecule has 0 unspecified atom stereocenters. The van der Waals surface area contributed by atoms with Gasteiger partial charge in [-0.1, -0.05) is 6.92 Å². The Morgan fingerprint density at radius 2 is 1.52 bits per heavy atom. The number of anilines is 1. The summed E-state index contributed by atoms with van der Waals surface area (Å²) in [5.74, 6) is 0.188. The Morgan fingerprint density at radius 3 is 1.91 bits per heavy atom. The summed E-state index contributed by atoms with van der Waals surface area (Å²) in [6.07, 6.45) is 0.682. The minimum absolute atomic E-state index is 0.188. The number of carbonyl (C=O) groups excluding carboxylic acids is 2. The molecule has 1 aromatic heterocycles. The second kappa shape index (κ2) is 6.98. The lowest BCUT2D eigenvalue weighted by molar-refractivity contribution is 0.0429. The normalized spacial score (nSPS) is 11.8. The molecule has 0 bridgehead atoms. The average Bonchev–Trinajstić information content (AvgIpc) is 2.34. The molecule has 6 nitrogen and oxygen atoms in total. The van der Waals surface area contributed by atoms with Gasteiger partial charge in [-0.15, -0.1) is 0 Å². The first-order valence-electron chi connectivity index (χ1n) is 7.64. The first-order valence-corrected chi connectivity index (χ1v) is 7.64. The van der Waals surface area contributed by atoms with Crippen molar-refractivity contribution in [2.45, 2.75) is 66.1 Å². The summed E-state index contributed by atoms with van der Waals surface area (Å²) in [6, 6.07) is 3.50. The lowest BCUT2D eigenvalue weighted by Crippen LogP contribution is -2.44. The second-order valence-corrected chi connectivity index (χ2v) is 7.17. The zero-order chi connectivity index (χ0) is 17.8. The Balaban J connectivity index is 3.19. The second-order valence-electron chi connectivity index (χ2n) is 7.17. The Bertz CT molecular complexity index is 543. The van der Waals surface area contributed by atoms with Crippen LogP contribution in [-0.4, -0.2) is 28.4 Å². The molecule has 128 valence electrons. The van der Waals surface area contributed by atoms with E-state index in [-0.39, 0.29) is 5.82 Å². The van der Waals surface area contributed by atoms with Crippen LogP contribution in [0.1, 0.15) is 54.0 Å². The number of ether oxygens (including phenoxy) is 2. The van der Waals surface area contributed by atoms with Gasteiger partial charge in [0.05, 0.1) is 0 Å². The first-order chi connectivity index (χ1) is 10.4. The maximum Gasteiger partial charge on any atom is 0.425 e. The Morgan fingerprint density at radius 1 is 1.04 bits per heavy atom. The average molecular weight is 322 g/mol. The minimum atomic E-state index is -0.812. The molecule has 0 N–H and O–H groups in total. The standard InChI is InChI=1S/C17H26N2O4/c1-8-12-9-10-18-13(11-12)19(14(20)22-16(2,3)4)15(21)23-17(5,6)7/h9-11H,8H2,1-7H3. The van der Waals surface area contributed by atoms with E-state index in [0.29, 0.717) is 0 Å². The topological polar surface area (TPSA) is 68.7 Å². The van der Waals surface area contributed by atoms with Crippen molar-refractivity contribution in [3.8, 4) is 0 Å². The molecule has 23 heavy (non-hydrogen) atoms. The molecular formula is C17H26N2O4. The molecule has 0 spiro atoms. The van der Waals surface area contributed by atoms with Crippen LogP contribution in [0.25, 0.3) is 0 Å². The number of aromatic nitrogens is 1. The van der Waals surface area contributed by atoms with Crippen LogP contribution in [0.2, 0.25) is 0 Å². The van der Waals surface area contributed by atoms with Crippen molar-refractivity contribution in [2.24, 2.45) is 0 Å². The molecule has 0 aliphatic carbocycles. The molecular weight excluding hydrogens is 296 g/mol. The number of aryl methyl sites for hydroxylation is 1. The van der Waals surface area contributed by atoms with Crippen LogP contribution in [-0.2, 0) is 15.9 Å². The highest BCUT2D eigenvalue weighted by Crippen LogP contribution is 2.21. The molecule has 0 aliphatic rings. The van der Waals surface area contributed by atoms with Gasteiger partial charge in [-0.25, -0.2) is 14.6 Å². The summed E-state index contributed by atoms with van der Waals surface area (Å²) in [4.78, 5) is 29.8. The smallest absolute Gasteiger partial charge is 0.425 e. The highest BCUT2D eigenvalue weighted by atomic mass is 16.6. The number of nitrogens with zero attached hydrogens (tertiary/aromatic N) is 2. The molecule has 6 heteroatoms. The predicted octanol–water partition coefficient (Wildman–Crippen LogP) is 4.32. The van der Waals surface area contributed by atoms with E-state index >= 15 is 0 Å². The summed E-state index contributed by atoms with van der Waals surface area (Å²) < 4.78 is 10.6. The van der Waals surface area contributed by atoms with Gasteiger partial charge in [0.1, 0.15) is 17.0 Å². The van der Waals surface area contributed by atoms with Crippen molar-refractivity contribution in [3.05, 3.63) is 23.9 Å². The van der Waals surface area contributed by atoms with Crippen molar-refractivity contribution < 1.29 is 19.1 Å². The van der Waals surface area contributed by atoms with Gasteiger partial charge in [0.25, 0.3) is 0 Å². The van der Waals surface area contributed by atoms with E-state index in [9.17, 15) is 9.59 Å². The van der Waals surface area contributed by atoms with E-state index < -0.39 is 23.4 Å². The van der Waals surface area contributed by atoms with E-state index in [4.69, 9.17) is 9.47 Å². The number of pyridine rings is 1. The van der Waals surface area contributed by atoms with Gasteiger partial charge in [-0.2, -0.15) is 4.90 Å². The summed E-state index contributed by atoms with van der Waals surface area (Å²) >= 11 is 0. The van der Waals surface area contributed by atoms with Gasteiger partial charge in [0.2, 0.25) is 0 Å². The number of hydrogen-bond donors (Lipinski definition) is 0. The fourth-order valence-corrected chi connectivity index (χ4v) is 1.68. The lowest BCUT2D eigenvalue weighted by Gasteiger charge is -2.28. The third-order valence-corrected chi connectivity index (χ3v) is 2.60. The lowest BCUT2D eigenvalue weighted by atomic mass is 10.2. The van der Waals surface area contributed by atoms with Crippen LogP contribution < -0.4 is 4.90 Å². The maximum absolute atomic E-state index is 12.4. The first kappa shape index (κ1) is 18.9. The molecule has 0 fully saturated rings. The van der Waals surface area contributed by atoms with Crippen LogP contribution in [0.15, 0.2) is 18.3 Å². The Labute approximate surface area is 137 Å². The molecule has 1 rings (SSSR count). The van der Waals surface area contributed by atoms with Crippen LogP contribution in [0.5, 0.6) is 0 Å². The largest absolute Gasteiger partial charge is 0.443 e. The Hall–Kier alpha value is -2.11. The highest BCUT2D eigenvalue weighted by Gasteiger charge is 2.33. The van der Waals surface area contributed by atoms with Crippen molar-refractivity contribution in [3.63, 3.8) is 0 Å². The molecule has 2 amide bonds. The van der Waals surface area contributed by atoms with E-state index in [2.05, 4.69) is 4.98 Å². The molecule has 0 aromatic carbocycles. The molecule has 0 radical (unpaired) electrons. The Kier molecular flexibility index (Phi) is 5.75. The van der Waals surface area contributed by atoms with Gasteiger partial charge >= 0.3 is 12.2 Å². The van der Waals surface area contributed by atoms with Gasteiger partial charge in [-0.05, 0) is 65.7 Å². The molecule has 0 saturated carbocycles. The third kappa shape index (κ3) is 6.26. The number of amides is 2. The minimum Gasteiger partial charge on any atom is -0.443 e. The molecule has 1 aromatic rings.